The molecule has 0 unspecified atom stereocenters. The highest BCUT2D eigenvalue weighted by Crippen LogP contribution is 2.32. The van der Waals surface area contributed by atoms with Crippen LogP contribution in [0, 0.1) is 12.7 Å². The minimum absolute atomic E-state index is 0.259. The van der Waals surface area contributed by atoms with Crippen molar-refractivity contribution in [3.05, 3.63) is 66.3 Å². The fraction of sp³-hybridized carbons (Fsp3) is 0.0625. The highest BCUT2D eigenvalue weighted by Gasteiger charge is 2.14. The van der Waals surface area contributed by atoms with Gasteiger partial charge < -0.3 is 4.42 Å². The molecule has 1 heterocycles. The lowest BCUT2D eigenvalue weighted by molar-refractivity contribution is 0.534. The van der Waals surface area contributed by atoms with Crippen molar-refractivity contribution in [1.29, 1.82) is 0 Å². The van der Waals surface area contributed by atoms with Crippen molar-refractivity contribution in [2.45, 2.75) is 6.92 Å². The predicted octanol–water partition coefficient (Wildman–Crippen LogP) is 4.46. The fourth-order valence-corrected chi connectivity index (χ4v) is 2.02. The number of nitrogens with zero attached hydrogens (tertiary/aromatic N) is 1. The van der Waals surface area contributed by atoms with Crippen LogP contribution in [0.15, 0.2) is 59.0 Å². The van der Waals surface area contributed by atoms with Crippen LogP contribution in [0.2, 0.25) is 0 Å². The van der Waals surface area contributed by atoms with Crippen molar-refractivity contribution in [3.63, 3.8) is 0 Å². The molecule has 3 rings (SSSR count). The molecule has 0 spiro atoms. The van der Waals surface area contributed by atoms with Gasteiger partial charge in [0, 0.05) is 18.1 Å². The van der Waals surface area contributed by atoms with E-state index in [9.17, 15) is 4.39 Å². The molecule has 0 aliphatic carbocycles. The van der Waals surface area contributed by atoms with Gasteiger partial charge in [0.15, 0.2) is 11.7 Å². The Bertz CT molecular complexity index is 687. The molecule has 0 amide bonds. The summed E-state index contributed by atoms with van der Waals surface area (Å²) < 4.78 is 18.7. The molecule has 2 nitrogen and oxygen atoms in total. The van der Waals surface area contributed by atoms with Gasteiger partial charge in [0.1, 0.15) is 11.5 Å². The van der Waals surface area contributed by atoms with Gasteiger partial charge in [-0.15, -0.1) is 0 Å². The lowest BCUT2D eigenvalue weighted by atomic mass is 10.1. The molecule has 0 saturated carbocycles. The lowest BCUT2D eigenvalue weighted by Gasteiger charge is -2.01. The number of hydrogen-bond acceptors (Lipinski definition) is 2. The van der Waals surface area contributed by atoms with Crippen LogP contribution in [-0.2, 0) is 0 Å². The quantitative estimate of drug-likeness (QED) is 0.674. The van der Waals surface area contributed by atoms with Crippen LogP contribution in [0.25, 0.3) is 22.6 Å². The van der Waals surface area contributed by atoms with Crippen LogP contribution < -0.4 is 0 Å². The van der Waals surface area contributed by atoms with Crippen molar-refractivity contribution in [1.82, 2.24) is 4.98 Å². The Morgan fingerprint density at radius 3 is 2.26 bits per heavy atom. The third kappa shape index (κ3) is 2.27. The second kappa shape index (κ2) is 4.69. The van der Waals surface area contributed by atoms with Crippen LogP contribution in [0.1, 0.15) is 5.89 Å². The van der Waals surface area contributed by atoms with Gasteiger partial charge in [0.25, 0.3) is 0 Å². The zero-order chi connectivity index (χ0) is 13.2. The monoisotopic (exact) mass is 253 g/mol. The van der Waals surface area contributed by atoms with Crippen molar-refractivity contribution < 1.29 is 8.81 Å². The Hall–Kier alpha value is -2.42. The molecule has 0 bridgehead atoms. The first-order chi connectivity index (χ1) is 9.24. The van der Waals surface area contributed by atoms with E-state index >= 15 is 0 Å². The molecule has 0 N–H and O–H groups in total. The average Bonchev–Trinajstić information content (AvgIpc) is 2.83. The third-order valence-electron chi connectivity index (χ3n) is 2.89. The second-order valence-corrected chi connectivity index (χ2v) is 4.28. The average molecular weight is 253 g/mol. The molecule has 3 aromatic rings. The van der Waals surface area contributed by atoms with Crippen molar-refractivity contribution >= 4 is 0 Å². The maximum Gasteiger partial charge on any atom is 0.192 e. The Morgan fingerprint density at radius 1 is 0.895 bits per heavy atom. The highest BCUT2D eigenvalue weighted by molar-refractivity contribution is 5.76. The van der Waals surface area contributed by atoms with E-state index in [1.807, 2.05) is 30.3 Å². The summed E-state index contributed by atoms with van der Waals surface area (Å²) in [6, 6.07) is 16.0. The zero-order valence-electron chi connectivity index (χ0n) is 10.4. The number of halogens is 1. The van der Waals surface area contributed by atoms with E-state index < -0.39 is 0 Å². The van der Waals surface area contributed by atoms with Gasteiger partial charge in [0.05, 0.1) is 0 Å². The number of aromatic nitrogens is 1. The Morgan fingerprint density at radius 2 is 1.58 bits per heavy atom. The number of hydrogen-bond donors (Lipinski definition) is 0. The van der Waals surface area contributed by atoms with Crippen LogP contribution in [-0.4, -0.2) is 4.98 Å². The molecule has 3 heteroatoms. The first-order valence-corrected chi connectivity index (χ1v) is 6.03. The molecule has 0 fully saturated rings. The molecule has 0 atom stereocenters. The summed E-state index contributed by atoms with van der Waals surface area (Å²) in [5, 5.41) is 0. The third-order valence-corrected chi connectivity index (χ3v) is 2.89. The summed E-state index contributed by atoms with van der Waals surface area (Å²) in [5.74, 6) is 1.05. The van der Waals surface area contributed by atoms with E-state index in [2.05, 4.69) is 4.98 Å². The smallest absolute Gasteiger partial charge is 0.192 e. The summed E-state index contributed by atoms with van der Waals surface area (Å²) in [4.78, 5) is 4.40. The van der Waals surface area contributed by atoms with Gasteiger partial charge in [0.2, 0.25) is 0 Å². The minimum atomic E-state index is -0.259. The van der Waals surface area contributed by atoms with E-state index in [1.54, 1.807) is 19.1 Å². The first-order valence-electron chi connectivity index (χ1n) is 6.03. The van der Waals surface area contributed by atoms with E-state index in [4.69, 9.17) is 4.42 Å². The van der Waals surface area contributed by atoms with Gasteiger partial charge in [-0.3, -0.25) is 0 Å². The molecule has 1 aromatic heterocycles. The molecule has 0 aliphatic rings. The molecule has 19 heavy (non-hydrogen) atoms. The van der Waals surface area contributed by atoms with E-state index in [0.29, 0.717) is 11.7 Å². The molecule has 94 valence electrons. The molecular formula is C16H12FNO. The molecule has 0 radical (unpaired) electrons. The number of benzene rings is 2. The second-order valence-electron chi connectivity index (χ2n) is 4.28. The zero-order valence-corrected chi connectivity index (χ0v) is 10.4. The molecule has 2 aromatic carbocycles. The van der Waals surface area contributed by atoms with Gasteiger partial charge in [-0.1, -0.05) is 30.3 Å². The van der Waals surface area contributed by atoms with E-state index in [0.717, 1.165) is 16.8 Å². The topological polar surface area (TPSA) is 26.0 Å². The largest absolute Gasteiger partial charge is 0.440 e. The van der Waals surface area contributed by atoms with Gasteiger partial charge in [-0.05, 0) is 24.3 Å². The van der Waals surface area contributed by atoms with E-state index in [1.165, 1.54) is 12.1 Å². The molecule has 0 aliphatic heterocycles. The van der Waals surface area contributed by atoms with Crippen LogP contribution in [0.5, 0.6) is 0 Å². The van der Waals surface area contributed by atoms with Crippen LogP contribution in [0.3, 0.4) is 0 Å². The molecule has 0 saturated heterocycles. The van der Waals surface area contributed by atoms with Gasteiger partial charge >= 0.3 is 0 Å². The van der Waals surface area contributed by atoms with Crippen molar-refractivity contribution in [2.75, 3.05) is 0 Å². The van der Waals surface area contributed by atoms with Crippen LogP contribution in [0.4, 0.5) is 4.39 Å². The molecular weight excluding hydrogens is 241 g/mol. The standard InChI is InChI=1S/C16H12FNO/c1-11-18-15(12-7-9-14(17)10-8-12)16(19-11)13-5-3-2-4-6-13/h2-10H,1H3. The first kappa shape index (κ1) is 11.7. The highest BCUT2D eigenvalue weighted by atomic mass is 19.1. The summed E-state index contributed by atoms with van der Waals surface area (Å²) in [6.45, 7) is 1.81. The Labute approximate surface area is 110 Å². The lowest BCUT2D eigenvalue weighted by Crippen LogP contribution is -1.83. The number of rotatable bonds is 2. The fourth-order valence-electron chi connectivity index (χ4n) is 2.02. The Kier molecular flexibility index (Phi) is 2.88. The predicted molar refractivity (Wildman–Crippen MR) is 72.1 cm³/mol. The van der Waals surface area contributed by atoms with Gasteiger partial charge in [-0.2, -0.15) is 0 Å². The summed E-state index contributed by atoms with van der Waals surface area (Å²) in [7, 11) is 0. The van der Waals surface area contributed by atoms with Crippen LogP contribution >= 0.6 is 0 Å². The minimum Gasteiger partial charge on any atom is -0.440 e. The van der Waals surface area contributed by atoms with Crippen molar-refractivity contribution in [2.24, 2.45) is 0 Å². The number of oxazole rings is 1. The summed E-state index contributed by atoms with van der Waals surface area (Å²) in [6.07, 6.45) is 0. The SMILES string of the molecule is Cc1nc(-c2ccc(F)cc2)c(-c2ccccc2)o1. The Balaban J connectivity index is 2.15. The van der Waals surface area contributed by atoms with Crippen molar-refractivity contribution in [3.8, 4) is 22.6 Å². The summed E-state index contributed by atoms with van der Waals surface area (Å²) in [5.41, 5.74) is 2.54. The normalized spacial score (nSPS) is 10.6. The maximum atomic E-state index is 13.0. The van der Waals surface area contributed by atoms with Gasteiger partial charge in [-0.25, -0.2) is 9.37 Å². The van der Waals surface area contributed by atoms with E-state index in [-0.39, 0.29) is 5.82 Å². The number of aryl methyl sites for hydroxylation is 1. The maximum absolute atomic E-state index is 13.0. The summed E-state index contributed by atoms with van der Waals surface area (Å²) >= 11 is 0.